The summed E-state index contributed by atoms with van der Waals surface area (Å²) < 4.78 is 70.0. The average Bonchev–Trinajstić information content (AvgIpc) is 3.67. The van der Waals surface area contributed by atoms with Crippen LogP contribution in [0.15, 0.2) is 123 Å². The monoisotopic (exact) mass is 733 g/mol. The van der Waals surface area contributed by atoms with Gasteiger partial charge in [-0.1, -0.05) is 101 Å². The maximum absolute atomic E-state index is 15.3. The van der Waals surface area contributed by atoms with Crippen LogP contribution in [0.4, 0.5) is 13.2 Å². The van der Waals surface area contributed by atoms with E-state index in [-0.39, 0.29) is 23.0 Å². The third kappa shape index (κ3) is 8.54. The lowest BCUT2D eigenvalue weighted by molar-refractivity contribution is -0.249. The van der Waals surface area contributed by atoms with Crippen LogP contribution >= 0.6 is 0 Å². The van der Waals surface area contributed by atoms with Crippen molar-refractivity contribution in [2.45, 2.75) is 66.2 Å². The number of alkyl halides is 3. The lowest BCUT2D eigenvalue weighted by Gasteiger charge is -2.34. The molecule has 0 radical (unpaired) electrons. The standard InChI is InChI=1S/C44H42F3N3O4/c1-29-17-18-30-24-34(53-37(30)23-29)20-19-32-26-42(5,6)25-31(39(32)52-22-21-51-28-41(2,3)4)13-12-16-35-38(50-8)40(36(27-48)49-7)54-43(35,44(45,46)47)33-14-10-9-11-15-33/h9-20,23-24H,21-22,25-26,28H2,1-6H3/b16-12+,20-19+,31-13+,40-36+. The van der Waals surface area contributed by atoms with Gasteiger partial charge in [-0.15, -0.1) is 0 Å². The van der Waals surface area contributed by atoms with E-state index in [1.807, 2.05) is 43.3 Å². The second-order valence-electron chi connectivity index (χ2n) is 15.3. The zero-order chi connectivity index (χ0) is 39.3. The Balaban J connectivity index is 1.63. The molecule has 2 heterocycles. The van der Waals surface area contributed by atoms with Crippen molar-refractivity contribution in [3.63, 3.8) is 0 Å². The first-order valence-electron chi connectivity index (χ1n) is 17.5. The molecule has 10 heteroatoms. The molecule has 278 valence electrons. The van der Waals surface area contributed by atoms with Gasteiger partial charge in [0, 0.05) is 16.5 Å². The number of allylic oxidation sites excluding steroid dienone is 6. The molecule has 1 aromatic heterocycles. The molecule has 1 atom stereocenters. The van der Waals surface area contributed by atoms with Gasteiger partial charge in [-0.25, -0.2) is 15.0 Å². The van der Waals surface area contributed by atoms with Crippen LogP contribution in [-0.2, 0) is 19.8 Å². The number of nitrogens with zero attached hydrogens (tertiary/aromatic N) is 3. The van der Waals surface area contributed by atoms with Crippen LogP contribution in [0.25, 0.3) is 26.7 Å². The third-order valence-corrected chi connectivity index (χ3v) is 8.86. The zero-order valence-corrected chi connectivity index (χ0v) is 31.2. The van der Waals surface area contributed by atoms with Gasteiger partial charge in [0.2, 0.25) is 11.3 Å². The molecule has 5 rings (SSSR count). The average molecular weight is 734 g/mol. The number of benzene rings is 2. The fraction of sp³-hybridized carbons (Fsp3) is 0.341. The van der Waals surface area contributed by atoms with Crippen LogP contribution in [0.2, 0.25) is 0 Å². The molecule has 1 aliphatic carbocycles. The SMILES string of the molecule is [C-]#[N+]C1=C(/C=C/C=C2\CC(C)(C)CC(/C=C/c3cc4ccc(C)cc4o3)=C2OCCOCC(C)(C)C)C(c2ccccc2)(C(F)(F)F)O/C1=C(\C#N)[N+]#[C-]. The van der Waals surface area contributed by atoms with Gasteiger partial charge in [-0.05, 0) is 65.5 Å². The molecule has 0 amide bonds. The highest BCUT2D eigenvalue weighted by molar-refractivity contribution is 5.80. The van der Waals surface area contributed by atoms with E-state index in [4.69, 9.17) is 31.8 Å². The fourth-order valence-electron chi connectivity index (χ4n) is 6.58. The molecule has 0 spiro atoms. The molecule has 0 fully saturated rings. The van der Waals surface area contributed by atoms with Gasteiger partial charge in [0.05, 0.1) is 32.4 Å². The summed E-state index contributed by atoms with van der Waals surface area (Å²) in [5.74, 6) is 0.533. The van der Waals surface area contributed by atoms with Gasteiger partial charge in [0.25, 0.3) is 5.70 Å². The van der Waals surface area contributed by atoms with Gasteiger partial charge in [-0.3, -0.25) is 0 Å². The third-order valence-electron chi connectivity index (χ3n) is 8.86. The predicted octanol–water partition coefficient (Wildman–Crippen LogP) is 11.7. The second kappa shape index (κ2) is 15.7. The Bertz CT molecular complexity index is 2210. The molecular formula is C44H42F3N3O4. The number of ether oxygens (including phenoxy) is 3. The largest absolute Gasteiger partial charge is 0.491 e. The maximum Gasteiger partial charge on any atom is 0.435 e. The van der Waals surface area contributed by atoms with Gasteiger partial charge in [0.1, 0.15) is 29.5 Å². The molecule has 54 heavy (non-hydrogen) atoms. The summed E-state index contributed by atoms with van der Waals surface area (Å²) in [6, 6.07) is 16.5. The first-order chi connectivity index (χ1) is 25.5. The van der Waals surface area contributed by atoms with Crippen LogP contribution in [-0.4, -0.2) is 26.0 Å². The molecule has 1 aliphatic heterocycles. The summed E-state index contributed by atoms with van der Waals surface area (Å²) in [6.45, 7) is 28.8. The maximum atomic E-state index is 15.3. The summed E-state index contributed by atoms with van der Waals surface area (Å²) in [6.07, 6.45) is 4.26. The van der Waals surface area contributed by atoms with Crippen molar-refractivity contribution in [2.24, 2.45) is 10.8 Å². The van der Waals surface area contributed by atoms with E-state index in [9.17, 15) is 5.26 Å². The van der Waals surface area contributed by atoms with Crippen molar-refractivity contribution >= 4 is 17.0 Å². The number of hydrogen-bond acceptors (Lipinski definition) is 5. The minimum absolute atomic E-state index is 0.0327. The second-order valence-corrected chi connectivity index (χ2v) is 15.3. The summed E-state index contributed by atoms with van der Waals surface area (Å²) in [7, 11) is 0. The summed E-state index contributed by atoms with van der Waals surface area (Å²) in [5, 5.41) is 10.6. The van der Waals surface area contributed by atoms with Gasteiger partial charge < -0.3 is 18.6 Å². The Morgan fingerprint density at radius 2 is 1.74 bits per heavy atom. The molecule has 2 aromatic carbocycles. The molecule has 2 aliphatic rings. The number of hydrogen-bond donors (Lipinski definition) is 0. The van der Waals surface area contributed by atoms with Gasteiger partial charge >= 0.3 is 6.18 Å². The van der Waals surface area contributed by atoms with Crippen LogP contribution in [0.3, 0.4) is 0 Å². The minimum Gasteiger partial charge on any atom is -0.491 e. The van der Waals surface area contributed by atoms with Crippen LogP contribution < -0.4 is 0 Å². The Kier molecular flexibility index (Phi) is 11.5. The zero-order valence-electron chi connectivity index (χ0n) is 31.2. The molecule has 1 unspecified atom stereocenters. The van der Waals surface area contributed by atoms with Crippen molar-refractivity contribution in [1.29, 1.82) is 5.26 Å². The number of halogens is 3. The highest BCUT2D eigenvalue weighted by atomic mass is 19.4. The lowest BCUT2D eigenvalue weighted by Crippen LogP contribution is -2.43. The van der Waals surface area contributed by atoms with E-state index < -0.39 is 34.5 Å². The molecular weight excluding hydrogens is 691 g/mol. The first-order valence-corrected chi connectivity index (χ1v) is 17.5. The molecule has 0 N–H and O–H groups in total. The topological polar surface area (TPSA) is 73.3 Å². The van der Waals surface area contributed by atoms with Crippen molar-refractivity contribution in [3.8, 4) is 6.07 Å². The van der Waals surface area contributed by atoms with Crippen molar-refractivity contribution < 1.29 is 31.8 Å². The van der Waals surface area contributed by atoms with Crippen LogP contribution in [0, 0.1) is 42.2 Å². The lowest BCUT2D eigenvalue weighted by atomic mass is 9.74. The molecule has 0 saturated heterocycles. The van der Waals surface area contributed by atoms with E-state index in [0.29, 0.717) is 37.6 Å². The molecule has 7 nitrogen and oxygen atoms in total. The van der Waals surface area contributed by atoms with E-state index in [2.05, 4.69) is 44.3 Å². The van der Waals surface area contributed by atoms with E-state index >= 15 is 13.2 Å². The van der Waals surface area contributed by atoms with Crippen LogP contribution in [0.1, 0.15) is 64.3 Å². The Morgan fingerprint density at radius 3 is 2.39 bits per heavy atom. The van der Waals surface area contributed by atoms with Gasteiger partial charge in [-0.2, -0.15) is 13.2 Å². The number of fused-ring (bicyclic) bond motifs is 1. The summed E-state index contributed by atoms with van der Waals surface area (Å²) in [5.41, 5.74) is -2.11. The van der Waals surface area contributed by atoms with E-state index in [1.54, 1.807) is 18.2 Å². The quantitative estimate of drug-likeness (QED) is 0.118. The number of aryl methyl sites for hydroxylation is 1. The Labute approximate surface area is 314 Å². The molecule has 0 bridgehead atoms. The van der Waals surface area contributed by atoms with E-state index in [0.717, 1.165) is 27.7 Å². The fourth-order valence-corrected chi connectivity index (χ4v) is 6.58. The number of furan rings is 1. The molecule has 3 aromatic rings. The summed E-state index contributed by atoms with van der Waals surface area (Å²) >= 11 is 0. The smallest absolute Gasteiger partial charge is 0.435 e. The Morgan fingerprint density at radius 1 is 1.00 bits per heavy atom. The van der Waals surface area contributed by atoms with E-state index in [1.165, 1.54) is 36.4 Å². The first kappa shape index (κ1) is 39.4. The Hall–Kier alpha value is -5.76. The van der Waals surface area contributed by atoms with Crippen molar-refractivity contribution in [2.75, 3.05) is 19.8 Å². The van der Waals surface area contributed by atoms with Gasteiger partial charge in [0.15, 0.2) is 0 Å². The van der Waals surface area contributed by atoms with Crippen molar-refractivity contribution in [1.82, 2.24) is 0 Å². The van der Waals surface area contributed by atoms with Crippen molar-refractivity contribution in [3.05, 3.63) is 158 Å². The number of nitriles is 1. The highest BCUT2D eigenvalue weighted by Crippen LogP contribution is 2.56. The highest BCUT2D eigenvalue weighted by Gasteiger charge is 2.64. The van der Waals surface area contributed by atoms with Crippen LogP contribution in [0.5, 0.6) is 0 Å². The predicted molar refractivity (Wildman–Crippen MR) is 202 cm³/mol. The normalized spacial score (nSPS) is 20.7. The summed E-state index contributed by atoms with van der Waals surface area (Å²) in [4.78, 5) is 6.46. The minimum atomic E-state index is -5.08. The molecule has 0 saturated carbocycles. The number of rotatable bonds is 10.